The van der Waals surface area contributed by atoms with E-state index < -0.39 is 17.7 Å². The van der Waals surface area contributed by atoms with E-state index in [1.165, 1.54) is 12.1 Å². The van der Waals surface area contributed by atoms with Crippen molar-refractivity contribution in [3.63, 3.8) is 0 Å². The lowest BCUT2D eigenvalue weighted by Gasteiger charge is -2.10. The maximum absolute atomic E-state index is 12.5. The molecule has 0 bridgehead atoms. The van der Waals surface area contributed by atoms with Crippen molar-refractivity contribution in [1.82, 2.24) is 0 Å². The van der Waals surface area contributed by atoms with Gasteiger partial charge in [-0.1, -0.05) is 15.9 Å². The van der Waals surface area contributed by atoms with Crippen molar-refractivity contribution in [2.45, 2.75) is 6.18 Å². The van der Waals surface area contributed by atoms with Gasteiger partial charge < -0.3 is 10.4 Å². The van der Waals surface area contributed by atoms with Crippen LogP contribution in [0.25, 0.3) is 0 Å². The first-order chi connectivity index (χ1) is 7.80. The van der Waals surface area contributed by atoms with Crippen LogP contribution in [0.3, 0.4) is 0 Å². The molecule has 0 amide bonds. The molecular weight excluding hydrogens is 303 g/mol. The third-order valence-corrected chi connectivity index (χ3v) is 2.44. The third kappa shape index (κ3) is 4.10. The van der Waals surface area contributed by atoms with Gasteiger partial charge in [-0.15, -0.1) is 0 Å². The maximum atomic E-state index is 12.5. The Morgan fingerprint density at radius 3 is 2.59 bits per heavy atom. The van der Waals surface area contributed by atoms with Gasteiger partial charge in [0.2, 0.25) is 0 Å². The van der Waals surface area contributed by atoms with Gasteiger partial charge in [0.1, 0.15) is 0 Å². The van der Waals surface area contributed by atoms with Crippen molar-refractivity contribution >= 4 is 27.6 Å². The number of benzene rings is 1. The molecule has 0 radical (unpaired) electrons. The van der Waals surface area contributed by atoms with Crippen molar-refractivity contribution in [2.24, 2.45) is 0 Å². The summed E-state index contributed by atoms with van der Waals surface area (Å²) in [7, 11) is 0. The molecule has 1 aromatic carbocycles. The zero-order chi connectivity index (χ0) is 13.1. The Bertz CT molecular complexity index is 457. The standard InChI is InChI=1S/C10H7BrF3NO2/c11-8-2-1-6(15-4-3-9(16)17)5-7(8)10(12,13)14/h1-5,15H,(H,16,17)/b4-3+. The zero-order valence-corrected chi connectivity index (χ0v) is 9.84. The molecule has 92 valence electrons. The fraction of sp³-hybridized carbons (Fsp3) is 0.100. The highest BCUT2D eigenvalue weighted by molar-refractivity contribution is 9.10. The van der Waals surface area contributed by atoms with Crippen LogP contribution in [0.4, 0.5) is 18.9 Å². The average Bonchev–Trinajstić information content (AvgIpc) is 2.18. The summed E-state index contributed by atoms with van der Waals surface area (Å²) in [5.41, 5.74) is -0.677. The summed E-state index contributed by atoms with van der Waals surface area (Å²) in [5.74, 6) is -1.19. The van der Waals surface area contributed by atoms with E-state index in [0.717, 1.165) is 18.3 Å². The van der Waals surface area contributed by atoms with Crippen LogP contribution in [0.2, 0.25) is 0 Å². The normalized spacial score (nSPS) is 11.8. The van der Waals surface area contributed by atoms with Crippen LogP contribution < -0.4 is 5.32 Å². The van der Waals surface area contributed by atoms with Crippen molar-refractivity contribution in [2.75, 3.05) is 5.32 Å². The largest absolute Gasteiger partial charge is 0.478 e. The number of carboxylic acid groups (broad SMARTS) is 1. The molecule has 0 aliphatic carbocycles. The second-order valence-electron chi connectivity index (χ2n) is 3.01. The van der Waals surface area contributed by atoms with Crippen molar-refractivity contribution in [1.29, 1.82) is 0 Å². The van der Waals surface area contributed by atoms with Crippen LogP contribution in [0.15, 0.2) is 34.9 Å². The highest BCUT2D eigenvalue weighted by atomic mass is 79.9. The highest BCUT2D eigenvalue weighted by Gasteiger charge is 2.33. The van der Waals surface area contributed by atoms with Gasteiger partial charge in [-0.25, -0.2) is 4.79 Å². The molecule has 7 heteroatoms. The van der Waals surface area contributed by atoms with Crippen LogP contribution >= 0.6 is 15.9 Å². The first kappa shape index (κ1) is 13.6. The SMILES string of the molecule is O=C(O)/C=C/Nc1ccc(Br)c(C(F)(F)F)c1. The average molecular weight is 310 g/mol. The molecule has 17 heavy (non-hydrogen) atoms. The minimum Gasteiger partial charge on any atom is -0.478 e. The van der Waals surface area contributed by atoms with E-state index >= 15 is 0 Å². The molecule has 0 spiro atoms. The summed E-state index contributed by atoms with van der Waals surface area (Å²) in [6.07, 6.45) is -2.63. The number of alkyl halides is 3. The Morgan fingerprint density at radius 1 is 1.41 bits per heavy atom. The van der Waals surface area contributed by atoms with Gasteiger partial charge in [0.25, 0.3) is 0 Å². The molecular formula is C10H7BrF3NO2. The van der Waals surface area contributed by atoms with E-state index in [0.29, 0.717) is 0 Å². The van der Waals surface area contributed by atoms with E-state index in [-0.39, 0.29) is 10.2 Å². The summed E-state index contributed by atoms with van der Waals surface area (Å²) >= 11 is 2.80. The van der Waals surface area contributed by atoms with E-state index in [1.807, 2.05) is 0 Å². The molecule has 2 N–H and O–H groups in total. The van der Waals surface area contributed by atoms with Gasteiger partial charge in [0.15, 0.2) is 0 Å². The summed E-state index contributed by atoms with van der Waals surface area (Å²) in [6, 6.07) is 3.52. The van der Waals surface area contributed by atoms with E-state index in [2.05, 4.69) is 21.2 Å². The Kier molecular flexibility index (Phi) is 4.17. The fourth-order valence-corrected chi connectivity index (χ4v) is 1.51. The molecule has 0 aromatic heterocycles. The van der Waals surface area contributed by atoms with Gasteiger partial charge in [-0.3, -0.25) is 0 Å². The number of hydrogen-bond donors (Lipinski definition) is 2. The van der Waals surface area contributed by atoms with Crippen molar-refractivity contribution < 1.29 is 23.1 Å². The lowest BCUT2D eigenvalue weighted by Crippen LogP contribution is -2.06. The lowest BCUT2D eigenvalue weighted by atomic mass is 10.2. The van der Waals surface area contributed by atoms with E-state index in [4.69, 9.17) is 5.11 Å². The topological polar surface area (TPSA) is 49.3 Å². The second-order valence-corrected chi connectivity index (χ2v) is 3.86. The quantitative estimate of drug-likeness (QED) is 0.840. The van der Waals surface area contributed by atoms with Gasteiger partial charge in [0, 0.05) is 22.4 Å². The number of hydrogen-bond acceptors (Lipinski definition) is 2. The third-order valence-electron chi connectivity index (χ3n) is 1.75. The Hall–Kier alpha value is -1.50. The molecule has 1 rings (SSSR count). The van der Waals surface area contributed by atoms with Crippen LogP contribution in [0.5, 0.6) is 0 Å². The summed E-state index contributed by atoms with van der Waals surface area (Å²) < 4.78 is 37.5. The van der Waals surface area contributed by atoms with Crippen LogP contribution in [-0.4, -0.2) is 11.1 Å². The Morgan fingerprint density at radius 2 is 2.06 bits per heavy atom. The van der Waals surface area contributed by atoms with Crippen LogP contribution in [0, 0.1) is 0 Å². The molecule has 0 saturated carbocycles. The summed E-state index contributed by atoms with van der Waals surface area (Å²) in [5, 5.41) is 10.7. The number of carboxylic acids is 1. The minimum absolute atomic E-state index is 0.0715. The molecule has 0 atom stereocenters. The lowest BCUT2D eigenvalue weighted by molar-refractivity contribution is -0.138. The van der Waals surface area contributed by atoms with Gasteiger partial charge in [-0.05, 0) is 18.2 Å². The van der Waals surface area contributed by atoms with E-state index in [1.54, 1.807) is 0 Å². The van der Waals surface area contributed by atoms with Crippen LogP contribution in [0.1, 0.15) is 5.56 Å². The smallest absolute Gasteiger partial charge is 0.417 e. The molecule has 0 fully saturated rings. The zero-order valence-electron chi connectivity index (χ0n) is 8.25. The predicted molar refractivity (Wildman–Crippen MR) is 59.5 cm³/mol. The molecule has 0 aliphatic rings. The maximum Gasteiger partial charge on any atom is 0.417 e. The minimum atomic E-state index is -4.47. The number of anilines is 1. The molecule has 0 heterocycles. The molecule has 0 saturated heterocycles. The first-order valence-corrected chi connectivity index (χ1v) is 5.13. The number of carbonyl (C=O) groups is 1. The number of nitrogens with one attached hydrogen (secondary N) is 1. The second kappa shape index (κ2) is 5.22. The van der Waals surface area contributed by atoms with Gasteiger partial charge >= 0.3 is 12.1 Å². The van der Waals surface area contributed by atoms with Crippen molar-refractivity contribution in [3.05, 3.63) is 40.5 Å². The van der Waals surface area contributed by atoms with E-state index in [9.17, 15) is 18.0 Å². The highest BCUT2D eigenvalue weighted by Crippen LogP contribution is 2.36. The molecule has 0 unspecified atom stereocenters. The monoisotopic (exact) mass is 309 g/mol. The van der Waals surface area contributed by atoms with Gasteiger partial charge in [0.05, 0.1) is 5.56 Å². The molecule has 1 aromatic rings. The summed E-state index contributed by atoms with van der Waals surface area (Å²) in [4.78, 5) is 10.2. The number of halogens is 4. The Labute approximate surface area is 103 Å². The number of rotatable bonds is 3. The fourth-order valence-electron chi connectivity index (χ4n) is 1.04. The first-order valence-electron chi connectivity index (χ1n) is 4.33. The van der Waals surface area contributed by atoms with Gasteiger partial charge in [-0.2, -0.15) is 13.2 Å². The summed E-state index contributed by atoms with van der Waals surface area (Å²) in [6.45, 7) is 0. The molecule has 3 nitrogen and oxygen atoms in total. The predicted octanol–water partition coefficient (Wildman–Crippen LogP) is 3.48. The van der Waals surface area contributed by atoms with Crippen LogP contribution in [-0.2, 0) is 11.0 Å². The molecule has 0 aliphatic heterocycles. The Balaban J connectivity index is 2.93. The number of aliphatic carboxylic acids is 1. The van der Waals surface area contributed by atoms with Crippen molar-refractivity contribution in [3.8, 4) is 0 Å².